The molecule has 0 aliphatic rings. The molecule has 0 amide bonds. The van der Waals surface area contributed by atoms with Crippen molar-refractivity contribution in [3.05, 3.63) is 0 Å². The number of rotatable bonds is 5. The Morgan fingerprint density at radius 3 is 1.71 bits per heavy atom. The van der Waals surface area contributed by atoms with Crippen molar-refractivity contribution in [2.24, 2.45) is 5.92 Å². The fraction of sp³-hybridized carbons (Fsp3) is 1.00. The fourth-order valence-electron chi connectivity index (χ4n) is 0.894. The van der Waals surface area contributed by atoms with Gasteiger partial charge in [0.05, 0.1) is 6.10 Å². The quantitative estimate of drug-likeness (QED) is 0.746. The van der Waals surface area contributed by atoms with E-state index in [1.54, 1.807) is 7.11 Å². The van der Waals surface area contributed by atoms with Crippen molar-refractivity contribution < 1.29 is 9.84 Å². The zero-order chi connectivity index (χ0) is 12.0. The van der Waals surface area contributed by atoms with Gasteiger partial charge in [0, 0.05) is 13.7 Å². The second-order valence-corrected chi connectivity index (χ2v) is 2.99. The molecule has 0 spiro atoms. The molecule has 2 nitrogen and oxygen atoms in total. The Kier molecular flexibility index (Phi) is 26.0. The first-order valence-electron chi connectivity index (χ1n) is 5.83. The first kappa shape index (κ1) is 19.5. The Morgan fingerprint density at radius 2 is 1.43 bits per heavy atom. The minimum absolute atomic E-state index is 0.167. The number of hydrogen-bond acceptors (Lipinski definition) is 2. The predicted molar refractivity (Wildman–Crippen MR) is 64.7 cm³/mol. The molecule has 14 heavy (non-hydrogen) atoms. The summed E-state index contributed by atoms with van der Waals surface area (Å²) in [4.78, 5) is 0. The number of ether oxygens (including phenoxy) is 1. The van der Waals surface area contributed by atoms with E-state index in [9.17, 15) is 0 Å². The van der Waals surface area contributed by atoms with Crippen LogP contribution >= 0.6 is 0 Å². The predicted octanol–water partition coefficient (Wildman–Crippen LogP) is 3.48. The highest BCUT2D eigenvalue weighted by atomic mass is 16.5. The van der Waals surface area contributed by atoms with Gasteiger partial charge in [0.15, 0.2) is 0 Å². The van der Waals surface area contributed by atoms with E-state index in [2.05, 4.69) is 6.92 Å². The zero-order valence-electron chi connectivity index (χ0n) is 11.1. The van der Waals surface area contributed by atoms with Gasteiger partial charge in [0.2, 0.25) is 0 Å². The molecule has 0 heterocycles. The summed E-state index contributed by atoms with van der Waals surface area (Å²) in [6, 6.07) is 0. The van der Waals surface area contributed by atoms with Crippen LogP contribution in [0.2, 0.25) is 0 Å². The monoisotopic (exact) mass is 206 g/mol. The molecule has 0 radical (unpaired) electrons. The van der Waals surface area contributed by atoms with Crippen LogP contribution in [0.1, 0.15) is 54.4 Å². The van der Waals surface area contributed by atoms with Crippen LogP contribution in [-0.4, -0.2) is 24.9 Å². The van der Waals surface area contributed by atoms with Crippen molar-refractivity contribution in [1.29, 1.82) is 0 Å². The maximum Gasteiger partial charge on any atom is 0.0512 e. The van der Waals surface area contributed by atoms with Crippen LogP contribution in [0.15, 0.2) is 0 Å². The molecule has 2 unspecified atom stereocenters. The van der Waals surface area contributed by atoms with Crippen molar-refractivity contribution in [3.63, 3.8) is 0 Å². The van der Waals surface area contributed by atoms with E-state index in [1.807, 2.05) is 34.6 Å². The van der Waals surface area contributed by atoms with Gasteiger partial charge >= 0.3 is 0 Å². The fourth-order valence-corrected chi connectivity index (χ4v) is 0.894. The van der Waals surface area contributed by atoms with Gasteiger partial charge in [-0.05, 0) is 25.7 Å². The maximum absolute atomic E-state index is 8.93. The SMILES string of the molecule is CC.CC.COCC(C)CCC(C)O. The highest BCUT2D eigenvalue weighted by Crippen LogP contribution is 2.07. The molecule has 1 N–H and O–H groups in total. The largest absolute Gasteiger partial charge is 0.393 e. The first-order chi connectivity index (χ1) is 6.66. The van der Waals surface area contributed by atoms with Gasteiger partial charge in [-0.1, -0.05) is 34.6 Å². The summed E-state index contributed by atoms with van der Waals surface area (Å²) >= 11 is 0. The minimum atomic E-state index is -0.167. The Bertz CT molecular complexity index is 72.7. The molecule has 90 valence electrons. The molecule has 2 heteroatoms. The van der Waals surface area contributed by atoms with E-state index in [4.69, 9.17) is 9.84 Å². The van der Waals surface area contributed by atoms with E-state index in [0.29, 0.717) is 5.92 Å². The smallest absolute Gasteiger partial charge is 0.0512 e. The van der Waals surface area contributed by atoms with Crippen LogP contribution < -0.4 is 0 Å². The van der Waals surface area contributed by atoms with Crippen molar-refractivity contribution >= 4 is 0 Å². The van der Waals surface area contributed by atoms with Crippen molar-refractivity contribution in [1.82, 2.24) is 0 Å². The van der Waals surface area contributed by atoms with Crippen molar-refractivity contribution in [3.8, 4) is 0 Å². The molecule has 0 aromatic carbocycles. The van der Waals surface area contributed by atoms with E-state index in [-0.39, 0.29) is 6.10 Å². The average Bonchev–Trinajstić information content (AvgIpc) is 2.21. The molecule has 2 atom stereocenters. The van der Waals surface area contributed by atoms with Crippen molar-refractivity contribution in [2.45, 2.75) is 60.5 Å². The summed E-state index contributed by atoms with van der Waals surface area (Å²) in [5, 5.41) is 8.93. The van der Waals surface area contributed by atoms with E-state index in [1.165, 1.54) is 0 Å². The number of aliphatic hydroxyl groups excluding tert-OH is 1. The molecule has 0 bridgehead atoms. The van der Waals surface area contributed by atoms with Crippen molar-refractivity contribution in [2.75, 3.05) is 13.7 Å². The van der Waals surface area contributed by atoms with Crippen LogP contribution in [0, 0.1) is 5.92 Å². The summed E-state index contributed by atoms with van der Waals surface area (Å²) in [6.45, 7) is 12.7. The van der Waals surface area contributed by atoms with Crippen LogP contribution in [0.3, 0.4) is 0 Å². The molecule has 0 saturated heterocycles. The third-order valence-corrected chi connectivity index (χ3v) is 1.53. The average molecular weight is 206 g/mol. The van der Waals surface area contributed by atoms with Crippen LogP contribution in [0.5, 0.6) is 0 Å². The Morgan fingerprint density at radius 1 is 1.00 bits per heavy atom. The number of hydrogen-bond donors (Lipinski definition) is 1. The van der Waals surface area contributed by atoms with E-state index in [0.717, 1.165) is 19.4 Å². The topological polar surface area (TPSA) is 29.5 Å². The molecule has 0 aromatic rings. The molecular weight excluding hydrogens is 176 g/mol. The second kappa shape index (κ2) is 18.7. The minimum Gasteiger partial charge on any atom is -0.393 e. The lowest BCUT2D eigenvalue weighted by molar-refractivity contribution is 0.133. The lowest BCUT2D eigenvalue weighted by atomic mass is 10.0. The molecular formula is C12H30O2. The molecule has 0 aromatic heterocycles. The van der Waals surface area contributed by atoms with Gasteiger partial charge in [-0.2, -0.15) is 0 Å². The highest BCUT2D eigenvalue weighted by Gasteiger charge is 2.02. The molecule has 0 fully saturated rings. The molecule has 0 aliphatic heterocycles. The van der Waals surface area contributed by atoms with Gasteiger partial charge in [-0.3, -0.25) is 0 Å². The number of methoxy groups -OCH3 is 1. The third kappa shape index (κ3) is 22.7. The van der Waals surface area contributed by atoms with Gasteiger partial charge in [-0.15, -0.1) is 0 Å². The summed E-state index contributed by atoms with van der Waals surface area (Å²) < 4.78 is 4.95. The van der Waals surface area contributed by atoms with E-state index >= 15 is 0 Å². The Labute approximate surface area is 90.7 Å². The standard InChI is InChI=1S/C8H18O2.2C2H6/c1-7(6-10-3)4-5-8(2)9;2*1-2/h7-9H,4-6H2,1-3H3;2*1-2H3. The van der Waals surface area contributed by atoms with Crippen LogP contribution in [-0.2, 0) is 4.74 Å². The lowest BCUT2D eigenvalue weighted by Crippen LogP contribution is -2.07. The summed E-state index contributed by atoms with van der Waals surface area (Å²) in [7, 11) is 1.71. The maximum atomic E-state index is 8.93. The van der Waals surface area contributed by atoms with Crippen LogP contribution in [0.25, 0.3) is 0 Å². The Hall–Kier alpha value is -0.0800. The first-order valence-corrected chi connectivity index (χ1v) is 5.83. The summed E-state index contributed by atoms with van der Waals surface area (Å²) in [5.41, 5.74) is 0. The normalized spacial score (nSPS) is 12.9. The highest BCUT2D eigenvalue weighted by molar-refractivity contribution is 4.54. The van der Waals surface area contributed by atoms with Crippen LogP contribution in [0.4, 0.5) is 0 Å². The summed E-state index contributed by atoms with van der Waals surface area (Å²) in [6.07, 6.45) is 1.76. The third-order valence-electron chi connectivity index (χ3n) is 1.53. The van der Waals surface area contributed by atoms with Gasteiger partial charge in [0.25, 0.3) is 0 Å². The van der Waals surface area contributed by atoms with Gasteiger partial charge < -0.3 is 9.84 Å². The zero-order valence-corrected chi connectivity index (χ0v) is 11.1. The van der Waals surface area contributed by atoms with Gasteiger partial charge in [0.1, 0.15) is 0 Å². The molecule has 0 rings (SSSR count). The summed E-state index contributed by atoms with van der Waals surface area (Å²) in [5.74, 6) is 0.569. The number of aliphatic hydroxyl groups is 1. The Balaban J connectivity index is -0.000000266. The second-order valence-electron chi connectivity index (χ2n) is 2.99. The lowest BCUT2D eigenvalue weighted by Gasteiger charge is -2.10. The van der Waals surface area contributed by atoms with E-state index < -0.39 is 0 Å². The molecule has 0 aliphatic carbocycles. The molecule has 0 saturated carbocycles. The van der Waals surface area contributed by atoms with Gasteiger partial charge in [-0.25, -0.2) is 0 Å².